The van der Waals surface area contributed by atoms with E-state index in [0.29, 0.717) is 13.0 Å². The number of rotatable bonds is 7. The van der Waals surface area contributed by atoms with Crippen LogP contribution < -0.4 is 5.32 Å². The zero-order chi connectivity index (χ0) is 16.5. The Labute approximate surface area is 137 Å². The Balaban J connectivity index is 1.43. The third-order valence-electron chi connectivity index (χ3n) is 4.90. The molecular weight excluding hydrogens is 316 g/mol. The summed E-state index contributed by atoms with van der Waals surface area (Å²) in [6.45, 7) is 1.73. The Kier molecular flexibility index (Phi) is 4.46. The molecule has 1 aromatic heterocycles. The van der Waals surface area contributed by atoms with E-state index in [9.17, 15) is 13.2 Å². The van der Waals surface area contributed by atoms with E-state index in [1.165, 1.54) is 0 Å². The molecule has 23 heavy (non-hydrogen) atoms. The van der Waals surface area contributed by atoms with Crippen molar-refractivity contribution in [2.45, 2.75) is 31.8 Å². The Morgan fingerprint density at radius 1 is 1.48 bits per heavy atom. The van der Waals surface area contributed by atoms with E-state index in [1.54, 1.807) is 6.20 Å². The first-order valence-corrected chi connectivity index (χ1v) is 9.84. The van der Waals surface area contributed by atoms with Crippen LogP contribution in [-0.4, -0.2) is 66.7 Å². The van der Waals surface area contributed by atoms with Gasteiger partial charge in [-0.1, -0.05) is 0 Å². The minimum Gasteiger partial charge on any atom is -0.354 e. The fourth-order valence-corrected chi connectivity index (χ4v) is 4.93. The van der Waals surface area contributed by atoms with E-state index in [2.05, 4.69) is 10.4 Å². The minimum atomic E-state index is -2.91. The second-order valence-corrected chi connectivity index (χ2v) is 9.18. The molecule has 1 amide bonds. The summed E-state index contributed by atoms with van der Waals surface area (Å²) < 4.78 is 24.9. The zero-order valence-corrected chi connectivity index (χ0v) is 14.3. The summed E-state index contributed by atoms with van der Waals surface area (Å²) in [5.41, 5.74) is 0.136. The van der Waals surface area contributed by atoms with Crippen LogP contribution in [-0.2, 0) is 21.2 Å². The lowest BCUT2D eigenvalue weighted by molar-refractivity contribution is -0.122. The molecule has 1 aliphatic carbocycles. The maximum absolute atomic E-state index is 12.1. The summed E-state index contributed by atoms with van der Waals surface area (Å²) in [4.78, 5) is 14.0. The molecule has 0 aromatic carbocycles. The van der Waals surface area contributed by atoms with Crippen LogP contribution in [0.1, 0.15) is 19.3 Å². The Hall–Kier alpha value is -1.41. The van der Waals surface area contributed by atoms with Crippen LogP contribution in [0.25, 0.3) is 0 Å². The first-order valence-electron chi connectivity index (χ1n) is 8.02. The van der Waals surface area contributed by atoms with Gasteiger partial charge in [0.05, 0.1) is 18.1 Å². The third kappa shape index (κ3) is 4.32. The number of nitrogens with zero attached hydrogens (tertiary/aromatic N) is 3. The molecule has 0 bridgehead atoms. The van der Waals surface area contributed by atoms with Crippen molar-refractivity contribution >= 4 is 15.7 Å². The molecule has 2 fully saturated rings. The van der Waals surface area contributed by atoms with Crippen molar-refractivity contribution in [1.29, 1.82) is 0 Å². The van der Waals surface area contributed by atoms with Crippen molar-refractivity contribution in [3.8, 4) is 0 Å². The van der Waals surface area contributed by atoms with Gasteiger partial charge >= 0.3 is 0 Å². The van der Waals surface area contributed by atoms with E-state index in [-0.39, 0.29) is 35.4 Å². The normalized spacial score (nSPS) is 24.7. The fraction of sp³-hybridized carbons (Fsp3) is 0.733. The summed E-state index contributed by atoms with van der Waals surface area (Å²) in [7, 11) is -1.09. The monoisotopic (exact) mass is 340 g/mol. The number of amides is 1. The van der Waals surface area contributed by atoms with Gasteiger partial charge in [-0.15, -0.1) is 0 Å². The van der Waals surface area contributed by atoms with E-state index in [4.69, 9.17) is 0 Å². The first kappa shape index (κ1) is 16.4. The summed E-state index contributed by atoms with van der Waals surface area (Å²) in [5, 5.41) is 7.22. The SMILES string of the molecule is CN(CC(=O)NCC1(Cn2cccn2)CC1)[C@H]1CCS(=O)(=O)C1. The van der Waals surface area contributed by atoms with Gasteiger partial charge in [0.25, 0.3) is 0 Å². The average molecular weight is 340 g/mol. The highest BCUT2D eigenvalue weighted by atomic mass is 32.2. The van der Waals surface area contributed by atoms with Gasteiger partial charge in [0.1, 0.15) is 0 Å². The molecule has 0 radical (unpaired) electrons. The molecule has 2 aliphatic rings. The van der Waals surface area contributed by atoms with Crippen LogP contribution in [0.4, 0.5) is 0 Å². The lowest BCUT2D eigenvalue weighted by Crippen LogP contribution is -2.43. The number of hydrogen-bond acceptors (Lipinski definition) is 5. The highest BCUT2D eigenvalue weighted by Gasteiger charge is 2.43. The fourth-order valence-electron chi connectivity index (χ4n) is 3.13. The number of sulfone groups is 1. The Morgan fingerprint density at radius 2 is 2.26 bits per heavy atom. The zero-order valence-electron chi connectivity index (χ0n) is 13.4. The first-order chi connectivity index (χ1) is 10.9. The van der Waals surface area contributed by atoms with Gasteiger partial charge in [-0.2, -0.15) is 5.10 Å². The molecule has 1 aromatic rings. The number of carbonyl (C=O) groups excluding carboxylic acids is 1. The van der Waals surface area contributed by atoms with Gasteiger partial charge in [0, 0.05) is 36.9 Å². The van der Waals surface area contributed by atoms with E-state index in [1.807, 2.05) is 28.9 Å². The van der Waals surface area contributed by atoms with Crippen LogP contribution in [0.3, 0.4) is 0 Å². The van der Waals surface area contributed by atoms with Crippen LogP contribution in [0, 0.1) is 5.41 Å². The summed E-state index contributed by atoms with van der Waals surface area (Å²) >= 11 is 0. The number of likely N-dealkylation sites (N-methyl/N-ethyl adjacent to an activating group) is 1. The van der Waals surface area contributed by atoms with E-state index in [0.717, 1.165) is 19.4 Å². The average Bonchev–Trinajstić information content (AvgIpc) is 2.88. The van der Waals surface area contributed by atoms with Crippen LogP contribution in [0.15, 0.2) is 18.5 Å². The maximum atomic E-state index is 12.1. The molecule has 7 nitrogen and oxygen atoms in total. The smallest absolute Gasteiger partial charge is 0.234 e. The van der Waals surface area contributed by atoms with Gasteiger partial charge in [0.15, 0.2) is 9.84 Å². The molecular formula is C15H24N4O3S. The van der Waals surface area contributed by atoms with Gasteiger partial charge < -0.3 is 5.32 Å². The summed E-state index contributed by atoms with van der Waals surface area (Å²) in [5.74, 6) is 0.361. The lowest BCUT2D eigenvalue weighted by atomic mass is 10.1. The molecule has 1 aliphatic heterocycles. The predicted octanol–water partition coefficient (Wildman–Crippen LogP) is -0.102. The van der Waals surface area contributed by atoms with Crippen molar-refractivity contribution in [2.75, 3.05) is 31.6 Å². The summed E-state index contributed by atoms with van der Waals surface area (Å²) in [6, 6.07) is 1.86. The van der Waals surface area contributed by atoms with Crippen molar-refractivity contribution < 1.29 is 13.2 Å². The van der Waals surface area contributed by atoms with Gasteiger partial charge in [0.2, 0.25) is 5.91 Å². The second-order valence-electron chi connectivity index (χ2n) is 6.95. The van der Waals surface area contributed by atoms with Crippen LogP contribution >= 0.6 is 0 Å². The van der Waals surface area contributed by atoms with Crippen molar-refractivity contribution in [3.63, 3.8) is 0 Å². The molecule has 1 saturated heterocycles. The molecule has 3 rings (SSSR count). The number of aromatic nitrogens is 2. The van der Waals surface area contributed by atoms with Gasteiger partial charge in [-0.05, 0) is 32.4 Å². The van der Waals surface area contributed by atoms with Gasteiger partial charge in [-0.3, -0.25) is 14.4 Å². The quantitative estimate of drug-likeness (QED) is 0.749. The highest BCUT2D eigenvalue weighted by Crippen LogP contribution is 2.46. The minimum absolute atomic E-state index is 0.0373. The molecule has 8 heteroatoms. The number of hydrogen-bond donors (Lipinski definition) is 1. The molecule has 2 heterocycles. The van der Waals surface area contributed by atoms with Crippen LogP contribution in [0.2, 0.25) is 0 Å². The summed E-state index contributed by atoms with van der Waals surface area (Å²) in [6.07, 6.45) is 6.53. The van der Waals surface area contributed by atoms with Crippen molar-refractivity contribution in [3.05, 3.63) is 18.5 Å². The van der Waals surface area contributed by atoms with Gasteiger partial charge in [-0.25, -0.2) is 8.42 Å². The van der Waals surface area contributed by atoms with Crippen LogP contribution in [0.5, 0.6) is 0 Å². The van der Waals surface area contributed by atoms with E-state index < -0.39 is 9.84 Å². The molecule has 128 valence electrons. The standard InChI is InChI=1S/C15H24N4O3S/c1-18(13-3-8-23(21,22)10-13)9-14(20)16-11-15(4-5-15)12-19-7-2-6-17-19/h2,6-7,13H,3-5,8-12H2,1H3,(H,16,20)/t13-/m0/s1. The largest absolute Gasteiger partial charge is 0.354 e. The number of carbonyl (C=O) groups is 1. The maximum Gasteiger partial charge on any atom is 0.234 e. The Bertz CT molecular complexity index is 652. The predicted molar refractivity (Wildman–Crippen MR) is 86.6 cm³/mol. The van der Waals surface area contributed by atoms with Crippen molar-refractivity contribution in [1.82, 2.24) is 20.0 Å². The third-order valence-corrected chi connectivity index (χ3v) is 6.65. The topological polar surface area (TPSA) is 84.3 Å². The molecule has 1 saturated carbocycles. The molecule has 0 spiro atoms. The lowest BCUT2D eigenvalue weighted by Gasteiger charge is -2.23. The van der Waals surface area contributed by atoms with E-state index >= 15 is 0 Å². The molecule has 1 atom stereocenters. The highest BCUT2D eigenvalue weighted by molar-refractivity contribution is 7.91. The van der Waals surface area contributed by atoms with Crippen molar-refractivity contribution in [2.24, 2.45) is 5.41 Å². The number of nitrogens with one attached hydrogen (secondary N) is 1. The molecule has 1 N–H and O–H groups in total. The molecule has 0 unspecified atom stereocenters. The Morgan fingerprint density at radius 3 is 2.83 bits per heavy atom. The second kappa shape index (κ2) is 6.24.